The molecule has 1 aliphatic heterocycles. The Balaban J connectivity index is 1.38. The molecule has 5 atom stereocenters. The summed E-state index contributed by atoms with van der Waals surface area (Å²) in [6.45, 7) is 3.16. The molecule has 2 aromatic rings. The maximum Gasteiger partial charge on any atom is 0.309 e. The number of halogens is 2. The second-order valence-corrected chi connectivity index (χ2v) is 12.9. The molecule has 8 heteroatoms. The van der Waals surface area contributed by atoms with Crippen molar-refractivity contribution >= 4 is 11.8 Å². The quantitative estimate of drug-likeness (QED) is 0.0806. The lowest BCUT2D eigenvalue weighted by Gasteiger charge is -2.30. The molecule has 0 amide bonds. The van der Waals surface area contributed by atoms with Crippen molar-refractivity contribution in [3.8, 4) is 0 Å². The maximum atomic E-state index is 14.6. The third-order valence-corrected chi connectivity index (χ3v) is 9.22. The number of carbonyl (C=O) groups excluding carboxylic acids is 2. The second kappa shape index (κ2) is 19.8. The van der Waals surface area contributed by atoms with E-state index in [0.717, 1.165) is 68.6 Å². The van der Waals surface area contributed by atoms with Gasteiger partial charge in [0.2, 0.25) is 5.78 Å². The topological polar surface area (TPSA) is 71.1 Å². The van der Waals surface area contributed by atoms with Crippen LogP contribution in [0.1, 0.15) is 102 Å². The van der Waals surface area contributed by atoms with Crippen molar-refractivity contribution < 1.29 is 37.3 Å². The Kier molecular flexibility index (Phi) is 15.5. The van der Waals surface area contributed by atoms with Gasteiger partial charge in [-0.2, -0.15) is 8.78 Å². The summed E-state index contributed by atoms with van der Waals surface area (Å²) < 4.78 is 53.6. The Hall–Kier alpha value is -2.94. The lowest BCUT2D eigenvalue weighted by Crippen LogP contribution is -2.31. The predicted molar refractivity (Wildman–Crippen MR) is 178 cm³/mol. The average Bonchev–Trinajstić information content (AvgIpc) is 3.42. The minimum absolute atomic E-state index is 0.0227. The zero-order valence-electron chi connectivity index (χ0n) is 27.8. The van der Waals surface area contributed by atoms with Gasteiger partial charge in [0.1, 0.15) is 6.61 Å². The van der Waals surface area contributed by atoms with Crippen LogP contribution in [0.25, 0.3) is 0 Å². The number of ketones is 1. The third kappa shape index (κ3) is 12.5. The van der Waals surface area contributed by atoms with E-state index in [4.69, 9.17) is 18.9 Å². The molecule has 1 unspecified atom stereocenters. The summed E-state index contributed by atoms with van der Waals surface area (Å²) in [5.74, 6) is -5.01. The van der Waals surface area contributed by atoms with E-state index in [2.05, 4.69) is 0 Å². The minimum atomic E-state index is -3.38. The molecule has 1 saturated heterocycles. The van der Waals surface area contributed by atoms with E-state index in [-0.39, 0.29) is 42.9 Å². The van der Waals surface area contributed by atoms with Gasteiger partial charge in [-0.1, -0.05) is 99.3 Å². The zero-order chi connectivity index (χ0) is 33.3. The van der Waals surface area contributed by atoms with Crippen molar-refractivity contribution in [2.24, 2.45) is 11.8 Å². The molecule has 6 nitrogen and oxygen atoms in total. The zero-order valence-corrected chi connectivity index (χ0v) is 27.8. The molecule has 258 valence electrons. The minimum Gasteiger partial charge on any atom is -0.461 e. The van der Waals surface area contributed by atoms with E-state index < -0.39 is 18.1 Å². The number of hydrogen-bond donors (Lipinski definition) is 0. The van der Waals surface area contributed by atoms with Gasteiger partial charge in [0.25, 0.3) is 0 Å². The Bertz CT molecular complexity index is 1210. The molecular formula is C39H52F2O6. The molecule has 2 aliphatic rings. The van der Waals surface area contributed by atoms with Crippen LogP contribution in [-0.4, -0.2) is 42.8 Å². The monoisotopic (exact) mass is 654 g/mol. The molecule has 1 heterocycles. The van der Waals surface area contributed by atoms with E-state index in [1.54, 1.807) is 6.08 Å². The number of rotatable bonds is 20. The highest BCUT2D eigenvalue weighted by Gasteiger charge is 2.45. The van der Waals surface area contributed by atoms with Crippen LogP contribution < -0.4 is 0 Å². The summed E-state index contributed by atoms with van der Waals surface area (Å²) in [6.07, 6.45) is 10.5. The van der Waals surface area contributed by atoms with Gasteiger partial charge in [0.05, 0.1) is 18.8 Å². The van der Waals surface area contributed by atoms with Gasteiger partial charge < -0.3 is 18.9 Å². The third-order valence-electron chi connectivity index (χ3n) is 9.22. The molecular weight excluding hydrogens is 602 g/mol. The van der Waals surface area contributed by atoms with Crippen LogP contribution in [0.2, 0.25) is 0 Å². The first-order chi connectivity index (χ1) is 22.9. The number of hydrogen-bond acceptors (Lipinski definition) is 6. The van der Waals surface area contributed by atoms with Gasteiger partial charge in [-0.05, 0) is 61.6 Å². The molecule has 2 fully saturated rings. The molecule has 4 rings (SSSR count). The maximum absolute atomic E-state index is 14.6. The van der Waals surface area contributed by atoms with Crippen molar-refractivity contribution in [2.75, 3.05) is 6.61 Å². The summed E-state index contributed by atoms with van der Waals surface area (Å²) in [7, 11) is 0. The molecule has 1 aliphatic carbocycles. The summed E-state index contributed by atoms with van der Waals surface area (Å²) in [5.41, 5.74) is 1.99. The summed E-state index contributed by atoms with van der Waals surface area (Å²) in [6, 6.07) is 19.5. The Morgan fingerprint density at radius 2 is 1.60 bits per heavy atom. The fourth-order valence-electron chi connectivity index (χ4n) is 6.51. The van der Waals surface area contributed by atoms with Crippen molar-refractivity contribution in [1.29, 1.82) is 0 Å². The van der Waals surface area contributed by atoms with E-state index in [1.165, 1.54) is 0 Å². The predicted octanol–water partition coefficient (Wildman–Crippen LogP) is 9.15. The highest BCUT2D eigenvalue weighted by Crippen LogP contribution is 2.42. The number of alkyl halides is 2. The van der Waals surface area contributed by atoms with Crippen molar-refractivity contribution in [3.63, 3.8) is 0 Å². The SMILES string of the molecule is CCCCC(F)(F)C(=O)/C=C/[C@@H]1[C@@H](CCCCCCC(=O)OCc2ccccc2)[C@@H](OC2CCCCO2)C[C@H]1OCc1ccccc1. The van der Waals surface area contributed by atoms with E-state index in [1.807, 2.05) is 67.6 Å². The average molecular weight is 655 g/mol. The highest BCUT2D eigenvalue weighted by atomic mass is 19.3. The van der Waals surface area contributed by atoms with Gasteiger partial charge in [-0.15, -0.1) is 0 Å². The number of allylic oxidation sites excluding steroid dienone is 1. The standard InChI is InChI=1S/C39H52F2O6/c1-2-3-25-39(40,41)36(42)24-23-33-32(20-12-4-5-13-21-37(43)46-29-31-18-10-7-11-19-31)35(47-38-22-14-15-26-44-38)27-34(33)45-28-30-16-8-6-9-17-30/h6-11,16-19,23-24,32-35,38H,2-5,12-15,20-22,25-29H2,1H3/b24-23+/t32-,33-,34-,35+,38?/m1/s1. The van der Waals surface area contributed by atoms with Crippen LogP contribution in [0, 0.1) is 11.8 Å². The Morgan fingerprint density at radius 1 is 0.894 bits per heavy atom. The fourth-order valence-corrected chi connectivity index (χ4v) is 6.51. The van der Waals surface area contributed by atoms with Gasteiger partial charge >= 0.3 is 11.9 Å². The molecule has 0 radical (unpaired) electrons. The van der Waals surface area contributed by atoms with Crippen molar-refractivity contribution in [3.05, 3.63) is 83.9 Å². The highest BCUT2D eigenvalue weighted by molar-refractivity contribution is 5.95. The van der Waals surface area contributed by atoms with Crippen LogP contribution >= 0.6 is 0 Å². The largest absolute Gasteiger partial charge is 0.461 e. The molecule has 0 N–H and O–H groups in total. The van der Waals surface area contributed by atoms with Gasteiger partial charge in [0.15, 0.2) is 6.29 Å². The van der Waals surface area contributed by atoms with E-state index >= 15 is 0 Å². The first kappa shape index (κ1) is 36.9. The molecule has 0 aromatic heterocycles. The number of unbranched alkanes of at least 4 members (excludes halogenated alkanes) is 4. The molecule has 2 aromatic carbocycles. The van der Waals surface area contributed by atoms with Crippen molar-refractivity contribution in [1.82, 2.24) is 0 Å². The first-order valence-corrected chi connectivity index (χ1v) is 17.6. The molecule has 47 heavy (non-hydrogen) atoms. The molecule has 0 bridgehead atoms. The normalized spacial score (nSPS) is 23.3. The van der Waals surface area contributed by atoms with Gasteiger partial charge in [-0.3, -0.25) is 9.59 Å². The lowest BCUT2D eigenvalue weighted by atomic mass is 9.87. The first-order valence-electron chi connectivity index (χ1n) is 17.6. The van der Waals surface area contributed by atoms with Crippen molar-refractivity contribution in [2.45, 2.75) is 128 Å². The smallest absolute Gasteiger partial charge is 0.309 e. The van der Waals surface area contributed by atoms with E-state index in [9.17, 15) is 18.4 Å². The van der Waals surface area contributed by atoms with Crippen LogP contribution in [0.15, 0.2) is 72.8 Å². The number of benzene rings is 2. The fraction of sp³-hybridized carbons (Fsp3) is 0.590. The van der Waals surface area contributed by atoms with Crippen LogP contribution in [0.3, 0.4) is 0 Å². The van der Waals surface area contributed by atoms with Crippen LogP contribution in [0.4, 0.5) is 8.78 Å². The van der Waals surface area contributed by atoms with Gasteiger partial charge in [-0.25, -0.2) is 0 Å². The van der Waals surface area contributed by atoms with Crippen LogP contribution in [0.5, 0.6) is 0 Å². The number of carbonyl (C=O) groups is 2. The second-order valence-electron chi connectivity index (χ2n) is 12.9. The van der Waals surface area contributed by atoms with Gasteiger partial charge in [0, 0.05) is 31.8 Å². The Labute approximate surface area is 279 Å². The molecule has 1 saturated carbocycles. The summed E-state index contributed by atoms with van der Waals surface area (Å²) in [4.78, 5) is 24.9. The van der Waals surface area contributed by atoms with Crippen LogP contribution in [-0.2, 0) is 41.8 Å². The summed E-state index contributed by atoms with van der Waals surface area (Å²) in [5, 5.41) is 0. The molecule has 0 spiro atoms. The summed E-state index contributed by atoms with van der Waals surface area (Å²) >= 11 is 0. The number of ether oxygens (including phenoxy) is 4. The van der Waals surface area contributed by atoms with E-state index in [0.29, 0.717) is 38.9 Å². The lowest BCUT2D eigenvalue weighted by molar-refractivity contribution is -0.196. The Morgan fingerprint density at radius 3 is 2.28 bits per heavy atom. The number of esters is 1.